The lowest BCUT2D eigenvalue weighted by molar-refractivity contribution is 0.231. The van der Waals surface area contributed by atoms with Crippen molar-refractivity contribution in [3.8, 4) is 5.75 Å². The molecule has 1 unspecified atom stereocenters. The van der Waals surface area contributed by atoms with E-state index >= 15 is 0 Å². The van der Waals surface area contributed by atoms with Crippen LogP contribution in [0.2, 0.25) is 0 Å². The summed E-state index contributed by atoms with van der Waals surface area (Å²) in [5.74, 6) is 0.500. The summed E-state index contributed by atoms with van der Waals surface area (Å²) in [4.78, 5) is 6.45. The van der Waals surface area contributed by atoms with Crippen LogP contribution in [0.15, 0.2) is 63.7 Å². The molecule has 1 aliphatic heterocycles. The van der Waals surface area contributed by atoms with Crippen LogP contribution in [0.5, 0.6) is 5.75 Å². The molecule has 0 aliphatic carbocycles. The zero-order chi connectivity index (χ0) is 22.7. The predicted molar refractivity (Wildman–Crippen MR) is 118 cm³/mol. The number of rotatable bonds is 8. The van der Waals surface area contributed by atoms with Gasteiger partial charge in [-0.25, -0.2) is 4.39 Å². The number of aromatic nitrogens is 1. The molecule has 1 aliphatic rings. The first-order valence-corrected chi connectivity index (χ1v) is 11.6. The Morgan fingerprint density at radius 2 is 2.09 bits per heavy atom. The number of nitrogens with zero attached hydrogens (tertiary/aromatic N) is 2. The van der Waals surface area contributed by atoms with Crippen LogP contribution in [0.3, 0.4) is 0 Å². The van der Waals surface area contributed by atoms with E-state index in [0.29, 0.717) is 54.3 Å². The van der Waals surface area contributed by atoms with Crippen molar-refractivity contribution in [1.82, 2.24) is 4.98 Å². The summed E-state index contributed by atoms with van der Waals surface area (Å²) in [5, 5.41) is 0. The summed E-state index contributed by atoms with van der Waals surface area (Å²) in [6.45, 7) is 2.89. The highest BCUT2D eigenvalue weighted by molar-refractivity contribution is 7.86. The highest BCUT2D eigenvalue weighted by Gasteiger charge is 2.31. The van der Waals surface area contributed by atoms with Crippen molar-refractivity contribution >= 4 is 27.2 Å². The number of nitrogens with two attached hydrogens (primary N) is 1. The molecule has 4 rings (SSSR count). The van der Waals surface area contributed by atoms with Gasteiger partial charge < -0.3 is 19.8 Å². The molecular weight excluding hydrogens is 437 g/mol. The van der Waals surface area contributed by atoms with Gasteiger partial charge in [0.2, 0.25) is 0 Å². The average Bonchev–Trinajstić information content (AvgIpc) is 3.41. The second kappa shape index (κ2) is 9.27. The van der Waals surface area contributed by atoms with Gasteiger partial charge in [0.1, 0.15) is 17.9 Å². The minimum Gasteiger partial charge on any atom is -0.489 e. The third kappa shape index (κ3) is 4.93. The Morgan fingerprint density at radius 1 is 1.31 bits per heavy atom. The summed E-state index contributed by atoms with van der Waals surface area (Å²) in [6.07, 6.45) is 0.461. The van der Waals surface area contributed by atoms with Crippen LogP contribution < -0.4 is 15.4 Å². The van der Waals surface area contributed by atoms with Crippen molar-refractivity contribution in [2.24, 2.45) is 5.73 Å². The number of hydrogen-bond acceptors (Lipinski definition) is 8. The minimum absolute atomic E-state index is 0.0418. The molecule has 1 saturated heterocycles. The lowest BCUT2D eigenvalue weighted by atomic mass is 10.2. The highest BCUT2D eigenvalue weighted by atomic mass is 32.2. The predicted octanol–water partition coefficient (Wildman–Crippen LogP) is 3.31. The standard InChI is InChI=1S/C22H24FN3O5S/c1-15-2-5-19(6-3-15)32(27,28)31-18-8-9-26(13-18)22-25-20-7-4-17(10-21(20)30-22)29-14-16(11-23)12-24/h2-7,10-11,18H,8-9,12-14,24H2,1H3/b16-11-. The van der Waals surface area contributed by atoms with Gasteiger partial charge in [0.05, 0.1) is 23.9 Å². The molecule has 0 spiro atoms. The Bertz CT molecular complexity index is 1220. The minimum atomic E-state index is -3.85. The van der Waals surface area contributed by atoms with E-state index in [0.717, 1.165) is 5.56 Å². The molecule has 8 nitrogen and oxygen atoms in total. The molecule has 3 aromatic rings. The lowest BCUT2D eigenvalue weighted by Gasteiger charge is -2.14. The molecule has 0 bridgehead atoms. The van der Waals surface area contributed by atoms with E-state index in [9.17, 15) is 12.8 Å². The summed E-state index contributed by atoms with van der Waals surface area (Å²) < 4.78 is 54.5. The smallest absolute Gasteiger partial charge is 0.298 e. The molecule has 2 heterocycles. The number of ether oxygens (including phenoxy) is 1. The molecule has 170 valence electrons. The van der Waals surface area contributed by atoms with E-state index in [1.165, 1.54) is 12.1 Å². The van der Waals surface area contributed by atoms with E-state index < -0.39 is 16.2 Å². The van der Waals surface area contributed by atoms with Gasteiger partial charge in [-0.15, -0.1) is 0 Å². The van der Waals surface area contributed by atoms with Crippen molar-refractivity contribution in [3.63, 3.8) is 0 Å². The van der Waals surface area contributed by atoms with Crippen LogP contribution in [-0.2, 0) is 14.3 Å². The van der Waals surface area contributed by atoms with E-state index in [1.54, 1.807) is 30.3 Å². The first-order chi connectivity index (χ1) is 15.4. The van der Waals surface area contributed by atoms with Crippen molar-refractivity contribution in [3.05, 3.63) is 59.9 Å². The molecule has 0 amide bonds. The molecule has 0 saturated carbocycles. The third-order valence-corrected chi connectivity index (χ3v) is 6.55. The van der Waals surface area contributed by atoms with Crippen molar-refractivity contribution in [1.29, 1.82) is 0 Å². The molecule has 1 fully saturated rings. The highest BCUT2D eigenvalue weighted by Crippen LogP contribution is 2.29. The maximum atomic E-state index is 12.6. The number of fused-ring (bicyclic) bond motifs is 1. The molecule has 1 atom stereocenters. The summed E-state index contributed by atoms with van der Waals surface area (Å²) in [7, 11) is -3.85. The van der Waals surface area contributed by atoms with Crippen molar-refractivity contribution in [2.75, 3.05) is 31.1 Å². The summed E-state index contributed by atoms with van der Waals surface area (Å²) in [5.41, 5.74) is 7.88. The first-order valence-electron chi connectivity index (χ1n) is 10.1. The fourth-order valence-electron chi connectivity index (χ4n) is 3.35. The molecule has 0 radical (unpaired) electrons. The Morgan fingerprint density at radius 3 is 2.81 bits per heavy atom. The summed E-state index contributed by atoms with van der Waals surface area (Å²) >= 11 is 0. The van der Waals surface area contributed by atoms with Gasteiger partial charge in [0, 0.05) is 24.7 Å². The summed E-state index contributed by atoms with van der Waals surface area (Å²) in [6, 6.07) is 12.0. The van der Waals surface area contributed by atoms with Gasteiger partial charge in [-0.1, -0.05) is 17.7 Å². The SMILES string of the molecule is Cc1ccc(S(=O)(=O)OC2CCN(c3nc4ccc(OC/C(=C\F)CN)cc4o3)C2)cc1. The second-order valence-corrected chi connectivity index (χ2v) is 9.18. The number of benzene rings is 2. The van der Waals surface area contributed by atoms with E-state index in [-0.39, 0.29) is 18.0 Å². The largest absolute Gasteiger partial charge is 0.489 e. The van der Waals surface area contributed by atoms with Crippen LogP contribution in [0, 0.1) is 6.92 Å². The van der Waals surface area contributed by atoms with E-state index in [2.05, 4.69) is 4.98 Å². The van der Waals surface area contributed by atoms with Crippen LogP contribution in [-0.4, -0.2) is 45.7 Å². The monoisotopic (exact) mass is 461 g/mol. The van der Waals surface area contributed by atoms with Crippen molar-refractivity contribution < 1.29 is 26.1 Å². The van der Waals surface area contributed by atoms with Gasteiger partial charge in [0.25, 0.3) is 16.1 Å². The van der Waals surface area contributed by atoms with Crippen LogP contribution in [0.4, 0.5) is 10.4 Å². The van der Waals surface area contributed by atoms with Gasteiger partial charge in [0.15, 0.2) is 5.58 Å². The van der Waals surface area contributed by atoms with Gasteiger partial charge in [-0.3, -0.25) is 4.18 Å². The fraction of sp³-hybridized carbons (Fsp3) is 0.318. The third-order valence-electron chi connectivity index (χ3n) is 5.18. The zero-order valence-corrected chi connectivity index (χ0v) is 18.3. The van der Waals surface area contributed by atoms with Crippen LogP contribution in [0.1, 0.15) is 12.0 Å². The van der Waals surface area contributed by atoms with E-state index in [4.69, 9.17) is 19.1 Å². The van der Waals surface area contributed by atoms with Gasteiger partial charge in [-0.05, 0) is 37.6 Å². The molecule has 1 aromatic heterocycles. The molecule has 2 aromatic carbocycles. The second-order valence-electron chi connectivity index (χ2n) is 7.61. The maximum absolute atomic E-state index is 12.6. The quantitative estimate of drug-likeness (QED) is 0.509. The maximum Gasteiger partial charge on any atom is 0.298 e. The topological polar surface area (TPSA) is 108 Å². The number of anilines is 1. The lowest BCUT2D eigenvalue weighted by Crippen LogP contribution is -2.25. The van der Waals surface area contributed by atoms with Crippen LogP contribution >= 0.6 is 0 Å². The van der Waals surface area contributed by atoms with Crippen molar-refractivity contribution in [2.45, 2.75) is 24.3 Å². The Balaban J connectivity index is 1.42. The fourth-order valence-corrected chi connectivity index (χ4v) is 4.44. The Kier molecular flexibility index (Phi) is 6.45. The number of oxazole rings is 1. The zero-order valence-electron chi connectivity index (χ0n) is 17.5. The average molecular weight is 462 g/mol. The number of halogens is 1. The number of aryl methyl sites for hydroxylation is 1. The number of hydrogen-bond donors (Lipinski definition) is 1. The van der Waals surface area contributed by atoms with Gasteiger partial charge >= 0.3 is 0 Å². The molecule has 32 heavy (non-hydrogen) atoms. The van der Waals surface area contributed by atoms with Gasteiger partial charge in [-0.2, -0.15) is 13.4 Å². The Labute approximate surface area is 185 Å². The molecule has 10 heteroatoms. The molecule has 2 N–H and O–H groups in total. The van der Waals surface area contributed by atoms with Crippen LogP contribution in [0.25, 0.3) is 11.1 Å². The molecular formula is C22H24FN3O5S. The first kappa shape index (κ1) is 22.3. The Hall–Kier alpha value is -2.95. The normalized spacial score (nSPS) is 17.3. The van der Waals surface area contributed by atoms with E-state index in [1.807, 2.05) is 11.8 Å².